The zero-order chi connectivity index (χ0) is 16.5. The Hall–Kier alpha value is -0.610. The SMILES string of the molecule is CCCNC(C)(CC(C)N(CC)CC(CC)CC)C(N)=O. The fourth-order valence-electron chi connectivity index (χ4n) is 2.88. The van der Waals surface area contributed by atoms with Crippen LogP contribution in [0.15, 0.2) is 0 Å². The van der Waals surface area contributed by atoms with Crippen LogP contribution in [0, 0.1) is 5.92 Å². The molecule has 3 N–H and O–H groups in total. The first-order valence-corrected chi connectivity index (χ1v) is 8.63. The Bertz CT molecular complexity index is 292. The summed E-state index contributed by atoms with van der Waals surface area (Å²) < 4.78 is 0. The van der Waals surface area contributed by atoms with Crippen molar-refractivity contribution in [3.63, 3.8) is 0 Å². The largest absolute Gasteiger partial charge is 0.368 e. The highest BCUT2D eigenvalue weighted by Crippen LogP contribution is 2.19. The van der Waals surface area contributed by atoms with E-state index < -0.39 is 5.54 Å². The number of rotatable bonds is 12. The minimum absolute atomic E-state index is 0.249. The van der Waals surface area contributed by atoms with Gasteiger partial charge < -0.3 is 16.0 Å². The maximum atomic E-state index is 11.8. The van der Waals surface area contributed by atoms with Crippen molar-refractivity contribution in [1.29, 1.82) is 0 Å². The number of hydrogen-bond acceptors (Lipinski definition) is 3. The van der Waals surface area contributed by atoms with Gasteiger partial charge in [-0.05, 0) is 45.7 Å². The Morgan fingerprint density at radius 2 is 1.81 bits per heavy atom. The molecule has 0 aliphatic rings. The maximum Gasteiger partial charge on any atom is 0.237 e. The molecule has 2 atom stereocenters. The molecule has 0 rings (SSSR count). The smallest absolute Gasteiger partial charge is 0.237 e. The molecule has 0 heterocycles. The number of nitrogens with one attached hydrogen (secondary N) is 1. The number of amides is 1. The molecule has 0 saturated carbocycles. The van der Waals surface area contributed by atoms with Gasteiger partial charge in [0.15, 0.2) is 0 Å². The van der Waals surface area contributed by atoms with E-state index in [0.717, 1.165) is 38.4 Å². The number of nitrogens with zero attached hydrogens (tertiary/aromatic N) is 1. The van der Waals surface area contributed by atoms with Crippen molar-refractivity contribution in [2.45, 2.75) is 78.8 Å². The second kappa shape index (κ2) is 10.2. The zero-order valence-electron chi connectivity index (χ0n) is 15.0. The second-order valence-electron chi connectivity index (χ2n) is 6.45. The molecule has 0 saturated heterocycles. The van der Waals surface area contributed by atoms with Crippen LogP contribution in [0.1, 0.15) is 67.2 Å². The van der Waals surface area contributed by atoms with Crippen LogP contribution in [0.4, 0.5) is 0 Å². The molecule has 0 fully saturated rings. The molecule has 0 bridgehead atoms. The summed E-state index contributed by atoms with van der Waals surface area (Å²) in [6.07, 6.45) is 4.18. The molecule has 0 aliphatic carbocycles. The van der Waals surface area contributed by atoms with Gasteiger partial charge in [0.25, 0.3) is 0 Å². The lowest BCUT2D eigenvalue weighted by Crippen LogP contribution is -2.56. The Balaban J connectivity index is 4.77. The van der Waals surface area contributed by atoms with E-state index >= 15 is 0 Å². The molecular weight excluding hydrogens is 262 g/mol. The van der Waals surface area contributed by atoms with Gasteiger partial charge >= 0.3 is 0 Å². The van der Waals surface area contributed by atoms with Crippen molar-refractivity contribution in [2.75, 3.05) is 19.6 Å². The first-order chi connectivity index (χ1) is 9.84. The fourth-order valence-corrected chi connectivity index (χ4v) is 2.88. The molecule has 0 radical (unpaired) electrons. The standard InChI is InChI=1S/C17H37N3O/c1-7-11-19-17(6,16(18)21)12-14(5)20(10-4)13-15(8-2)9-3/h14-15,19H,7-13H2,1-6H3,(H2,18,21). The van der Waals surface area contributed by atoms with Gasteiger partial charge in [0.05, 0.1) is 5.54 Å². The summed E-state index contributed by atoms with van der Waals surface area (Å²) in [7, 11) is 0. The molecular formula is C17H37N3O. The predicted octanol–water partition coefficient (Wildman–Crippen LogP) is 2.77. The van der Waals surface area contributed by atoms with E-state index in [9.17, 15) is 4.79 Å². The quantitative estimate of drug-likeness (QED) is 0.582. The molecule has 1 amide bonds. The number of nitrogens with two attached hydrogens (primary N) is 1. The molecule has 0 aromatic heterocycles. The van der Waals surface area contributed by atoms with Gasteiger partial charge in [0.1, 0.15) is 0 Å². The van der Waals surface area contributed by atoms with E-state index in [-0.39, 0.29) is 5.91 Å². The minimum atomic E-state index is -0.614. The van der Waals surface area contributed by atoms with Crippen LogP contribution in [0.3, 0.4) is 0 Å². The van der Waals surface area contributed by atoms with Gasteiger partial charge in [-0.2, -0.15) is 0 Å². The van der Waals surface area contributed by atoms with Crippen LogP contribution in [0.5, 0.6) is 0 Å². The lowest BCUT2D eigenvalue weighted by molar-refractivity contribution is -0.124. The van der Waals surface area contributed by atoms with E-state index in [1.54, 1.807) is 0 Å². The summed E-state index contributed by atoms with van der Waals surface area (Å²) in [5.74, 6) is 0.484. The summed E-state index contributed by atoms with van der Waals surface area (Å²) >= 11 is 0. The summed E-state index contributed by atoms with van der Waals surface area (Å²) in [5, 5.41) is 3.34. The molecule has 4 heteroatoms. The third kappa shape index (κ3) is 6.79. The molecule has 0 aromatic carbocycles. The Labute approximate surface area is 131 Å². The van der Waals surface area contributed by atoms with Crippen LogP contribution in [-0.2, 0) is 4.79 Å². The van der Waals surface area contributed by atoms with Gasteiger partial charge in [-0.25, -0.2) is 0 Å². The highest BCUT2D eigenvalue weighted by atomic mass is 16.1. The Kier molecular flexibility index (Phi) is 9.88. The number of primary amides is 1. The first kappa shape index (κ1) is 20.4. The average Bonchev–Trinajstić information content (AvgIpc) is 2.46. The lowest BCUT2D eigenvalue weighted by atomic mass is 9.91. The maximum absolute atomic E-state index is 11.8. The summed E-state index contributed by atoms with van der Waals surface area (Å²) in [6.45, 7) is 15.9. The summed E-state index contributed by atoms with van der Waals surface area (Å²) in [4.78, 5) is 14.3. The van der Waals surface area contributed by atoms with Gasteiger partial charge in [-0.1, -0.05) is 40.5 Å². The molecule has 4 nitrogen and oxygen atoms in total. The van der Waals surface area contributed by atoms with E-state index in [1.807, 2.05) is 6.92 Å². The van der Waals surface area contributed by atoms with Gasteiger partial charge in [0, 0.05) is 12.6 Å². The second-order valence-corrected chi connectivity index (χ2v) is 6.45. The molecule has 126 valence electrons. The lowest BCUT2D eigenvalue weighted by Gasteiger charge is -2.37. The van der Waals surface area contributed by atoms with Gasteiger partial charge in [-0.15, -0.1) is 0 Å². The highest BCUT2D eigenvalue weighted by molar-refractivity contribution is 5.84. The third-order valence-electron chi connectivity index (χ3n) is 4.69. The van der Waals surface area contributed by atoms with E-state index in [2.05, 4.69) is 44.8 Å². The highest BCUT2D eigenvalue weighted by Gasteiger charge is 2.33. The summed E-state index contributed by atoms with van der Waals surface area (Å²) in [5.41, 5.74) is 5.02. The topological polar surface area (TPSA) is 58.4 Å². The summed E-state index contributed by atoms with van der Waals surface area (Å²) in [6, 6.07) is 0.345. The van der Waals surface area contributed by atoms with Crippen molar-refractivity contribution in [3.05, 3.63) is 0 Å². The Morgan fingerprint density at radius 1 is 1.24 bits per heavy atom. The first-order valence-electron chi connectivity index (χ1n) is 8.63. The molecule has 0 aromatic rings. The number of hydrogen-bond donors (Lipinski definition) is 2. The van der Waals surface area contributed by atoms with E-state index in [1.165, 1.54) is 12.8 Å². The normalized spacial score (nSPS) is 16.2. The fraction of sp³-hybridized carbons (Fsp3) is 0.941. The van der Waals surface area contributed by atoms with Crippen molar-refractivity contribution in [3.8, 4) is 0 Å². The molecule has 21 heavy (non-hydrogen) atoms. The van der Waals surface area contributed by atoms with Crippen molar-refractivity contribution < 1.29 is 4.79 Å². The van der Waals surface area contributed by atoms with Crippen LogP contribution in [-0.4, -0.2) is 42.0 Å². The van der Waals surface area contributed by atoms with Gasteiger partial charge in [-0.3, -0.25) is 4.79 Å². The van der Waals surface area contributed by atoms with Crippen molar-refractivity contribution in [1.82, 2.24) is 10.2 Å². The van der Waals surface area contributed by atoms with Crippen molar-refractivity contribution in [2.24, 2.45) is 11.7 Å². The van der Waals surface area contributed by atoms with Crippen molar-refractivity contribution >= 4 is 5.91 Å². The molecule has 0 aliphatic heterocycles. The van der Waals surface area contributed by atoms with Crippen LogP contribution in [0.25, 0.3) is 0 Å². The Morgan fingerprint density at radius 3 is 2.19 bits per heavy atom. The number of carbonyl (C=O) groups excluding carboxylic acids is 1. The monoisotopic (exact) mass is 299 g/mol. The molecule has 2 unspecified atom stereocenters. The minimum Gasteiger partial charge on any atom is -0.368 e. The molecule has 0 spiro atoms. The van der Waals surface area contributed by atoms with Crippen LogP contribution in [0.2, 0.25) is 0 Å². The predicted molar refractivity (Wildman–Crippen MR) is 91.3 cm³/mol. The third-order valence-corrected chi connectivity index (χ3v) is 4.69. The average molecular weight is 300 g/mol. The van der Waals surface area contributed by atoms with Crippen LogP contribution >= 0.6 is 0 Å². The number of carbonyl (C=O) groups is 1. The van der Waals surface area contributed by atoms with E-state index in [4.69, 9.17) is 5.73 Å². The van der Waals surface area contributed by atoms with E-state index in [0.29, 0.717) is 6.04 Å². The van der Waals surface area contributed by atoms with Gasteiger partial charge in [0.2, 0.25) is 5.91 Å². The zero-order valence-corrected chi connectivity index (χ0v) is 15.0. The van der Waals surface area contributed by atoms with Crippen LogP contribution < -0.4 is 11.1 Å².